The van der Waals surface area contributed by atoms with Gasteiger partial charge >= 0.3 is 0 Å². The van der Waals surface area contributed by atoms with Gasteiger partial charge < -0.3 is 0 Å². The fourth-order valence-corrected chi connectivity index (χ4v) is 1.52. The van der Waals surface area contributed by atoms with Gasteiger partial charge in [0, 0.05) is 27.0 Å². The molecule has 2 nitrogen and oxygen atoms in total. The van der Waals surface area contributed by atoms with Crippen molar-refractivity contribution in [1.29, 1.82) is 0 Å². The number of thioether (sulfide) groups is 1. The van der Waals surface area contributed by atoms with Crippen molar-refractivity contribution in [3.63, 3.8) is 0 Å². The van der Waals surface area contributed by atoms with E-state index in [9.17, 15) is 4.91 Å². The van der Waals surface area contributed by atoms with Gasteiger partial charge in [-0.2, -0.15) is 11.8 Å². The molecule has 0 radical (unpaired) electrons. The molecule has 0 saturated carbocycles. The molecular formula is C5H11NOS2. The SMILES string of the molecule is CSC(C)C(C)SN=O. The van der Waals surface area contributed by atoms with Crippen LogP contribution in [-0.2, 0) is 0 Å². The van der Waals surface area contributed by atoms with Gasteiger partial charge in [0.2, 0.25) is 0 Å². The zero-order chi connectivity index (χ0) is 7.28. The average molecular weight is 165 g/mol. The lowest BCUT2D eigenvalue weighted by Crippen LogP contribution is -2.10. The van der Waals surface area contributed by atoms with Crippen LogP contribution in [0.4, 0.5) is 0 Å². The monoisotopic (exact) mass is 165 g/mol. The zero-order valence-electron chi connectivity index (χ0n) is 5.83. The molecule has 0 amide bonds. The second kappa shape index (κ2) is 5.11. The second-order valence-electron chi connectivity index (χ2n) is 1.83. The van der Waals surface area contributed by atoms with Gasteiger partial charge in [0.1, 0.15) is 0 Å². The number of nitroso groups, excluding NO2 is 1. The van der Waals surface area contributed by atoms with Crippen LogP contribution in [0.25, 0.3) is 0 Å². The van der Waals surface area contributed by atoms with Gasteiger partial charge in [-0.25, -0.2) is 0 Å². The summed E-state index contributed by atoms with van der Waals surface area (Å²) >= 11 is 2.87. The minimum absolute atomic E-state index is 0.331. The first-order valence-corrected chi connectivity index (χ1v) is 4.86. The van der Waals surface area contributed by atoms with E-state index in [4.69, 9.17) is 0 Å². The summed E-state index contributed by atoms with van der Waals surface area (Å²) in [6, 6.07) is 0. The van der Waals surface area contributed by atoms with Crippen molar-refractivity contribution in [1.82, 2.24) is 0 Å². The van der Waals surface area contributed by atoms with Crippen molar-refractivity contribution < 1.29 is 0 Å². The maximum absolute atomic E-state index is 9.74. The van der Waals surface area contributed by atoms with Gasteiger partial charge in [-0.05, 0) is 6.26 Å². The van der Waals surface area contributed by atoms with E-state index in [1.165, 1.54) is 0 Å². The maximum atomic E-state index is 9.74. The Hall–Kier alpha value is 0.300. The molecule has 4 heteroatoms. The highest BCUT2D eigenvalue weighted by molar-refractivity contribution is 8.02. The van der Waals surface area contributed by atoms with Crippen molar-refractivity contribution in [2.24, 2.45) is 4.58 Å². The smallest absolute Gasteiger partial charge is 0.0388 e. The summed E-state index contributed by atoms with van der Waals surface area (Å²) in [6.07, 6.45) is 2.03. The van der Waals surface area contributed by atoms with Crippen LogP contribution < -0.4 is 0 Å². The Morgan fingerprint density at radius 2 is 1.89 bits per heavy atom. The third-order valence-corrected chi connectivity index (χ3v) is 3.39. The highest BCUT2D eigenvalue weighted by Gasteiger charge is 2.10. The summed E-state index contributed by atoms with van der Waals surface area (Å²) in [5.41, 5.74) is 0. The summed E-state index contributed by atoms with van der Waals surface area (Å²) in [4.78, 5) is 9.74. The quantitative estimate of drug-likeness (QED) is 0.473. The molecular weight excluding hydrogens is 154 g/mol. The summed E-state index contributed by atoms with van der Waals surface area (Å²) in [6.45, 7) is 4.10. The molecule has 9 heavy (non-hydrogen) atoms. The van der Waals surface area contributed by atoms with Gasteiger partial charge in [-0.1, -0.05) is 13.8 Å². The molecule has 0 rings (SSSR count). The van der Waals surface area contributed by atoms with Crippen LogP contribution in [-0.4, -0.2) is 16.8 Å². The minimum Gasteiger partial charge on any atom is -0.161 e. The van der Waals surface area contributed by atoms with Crippen molar-refractivity contribution in [2.75, 3.05) is 6.26 Å². The molecule has 0 fully saturated rings. The standard InChI is InChI=1S/C5H11NOS2/c1-4(8-3)5(2)9-6-7/h4-5H,1-3H3. The third-order valence-electron chi connectivity index (χ3n) is 1.24. The van der Waals surface area contributed by atoms with Crippen LogP contribution in [0.3, 0.4) is 0 Å². The molecule has 2 atom stereocenters. The van der Waals surface area contributed by atoms with Crippen molar-refractivity contribution in [2.45, 2.75) is 24.3 Å². The summed E-state index contributed by atoms with van der Waals surface area (Å²) in [7, 11) is 0. The molecule has 0 aliphatic rings. The molecule has 0 N–H and O–H groups in total. The summed E-state index contributed by atoms with van der Waals surface area (Å²) < 4.78 is 2.76. The predicted molar refractivity (Wildman–Crippen MR) is 45.8 cm³/mol. The lowest BCUT2D eigenvalue weighted by Gasteiger charge is -2.11. The van der Waals surface area contributed by atoms with E-state index in [1.54, 1.807) is 11.8 Å². The first-order valence-electron chi connectivity index (χ1n) is 2.73. The molecule has 0 saturated heterocycles. The van der Waals surface area contributed by atoms with Crippen molar-refractivity contribution >= 4 is 23.7 Å². The predicted octanol–water partition coefficient (Wildman–Crippen LogP) is 2.54. The molecule has 54 valence electrons. The Morgan fingerprint density at radius 1 is 1.33 bits per heavy atom. The fraction of sp³-hybridized carbons (Fsp3) is 1.00. The Labute approximate surface area is 64.3 Å². The molecule has 0 aromatic rings. The topological polar surface area (TPSA) is 29.4 Å². The van der Waals surface area contributed by atoms with Crippen LogP contribution in [0.2, 0.25) is 0 Å². The fourth-order valence-electron chi connectivity index (χ4n) is 0.345. The molecule has 0 aliphatic heterocycles. The molecule has 2 unspecified atom stereocenters. The molecule has 0 aromatic heterocycles. The van der Waals surface area contributed by atoms with E-state index in [-0.39, 0.29) is 0 Å². The highest BCUT2D eigenvalue weighted by Crippen LogP contribution is 2.22. The molecule has 0 aliphatic carbocycles. The first kappa shape index (κ1) is 9.30. The largest absolute Gasteiger partial charge is 0.161 e. The van der Waals surface area contributed by atoms with Crippen LogP contribution in [0, 0.1) is 4.91 Å². The Kier molecular flexibility index (Phi) is 5.28. The Morgan fingerprint density at radius 3 is 2.22 bits per heavy atom. The van der Waals surface area contributed by atoms with Gasteiger partial charge in [0.05, 0.1) is 0 Å². The maximum Gasteiger partial charge on any atom is 0.0388 e. The van der Waals surface area contributed by atoms with Crippen LogP contribution >= 0.6 is 23.7 Å². The van der Waals surface area contributed by atoms with Gasteiger partial charge in [-0.15, -0.1) is 4.91 Å². The number of hydrogen-bond donors (Lipinski definition) is 0. The van der Waals surface area contributed by atoms with Crippen molar-refractivity contribution in [3.05, 3.63) is 4.91 Å². The summed E-state index contributed by atoms with van der Waals surface area (Å²) in [5, 5.41) is 0.838. The van der Waals surface area contributed by atoms with Crippen LogP contribution in [0.5, 0.6) is 0 Å². The number of nitrogens with zero attached hydrogens (tertiary/aromatic N) is 1. The van der Waals surface area contributed by atoms with Crippen LogP contribution in [0.1, 0.15) is 13.8 Å². The molecule has 0 aromatic carbocycles. The molecule has 0 spiro atoms. The summed E-state index contributed by atoms with van der Waals surface area (Å²) in [5.74, 6) is 0. The third kappa shape index (κ3) is 3.81. The van der Waals surface area contributed by atoms with Crippen molar-refractivity contribution in [3.8, 4) is 0 Å². The first-order chi connectivity index (χ1) is 4.22. The molecule has 0 heterocycles. The normalized spacial score (nSPS) is 16.8. The van der Waals surface area contributed by atoms with E-state index in [0.717, 1.165) is 11.9 Å². The van der Waals surface area contributed by atoms with Gasteiger partial charge in [-0.3, -0.25) is 0 Å². The second-order valence-corrected chi connectivity index (χ2v) is 4.14. The lowest BCUT2D eigenvalue weighted by molar-refractivity contribution is 0.930. The van der Waals surface area contributed by atoms with E-state index >= 15 is 0 Å². The lowest BCUT2D eigenvalue weighted by atomic mass is 10.4. The Bertz CT molecular complexity index is 89.0. The van der Waals surface area contributed by atoms with Gasteiger partial charge in [0.15, 0.2) is 0 Å². The average Bonchev–Trinajstić information content (AvgIpc) is 1.87. The van der Waals surface area contributed by atoms with E-state index in [2.05, 4.69) is 11.5 Å². The van der Waals surface area contributed by atoms with Crippen LogP contribution in [0.15, 0.2) is 4.58 Å². The highest BCUT2D eigenvalue weighted by atomic mass is 32.2. The van der Waals surface area contributed by atoms with E-state index < -0.39 is 0 Å². The number of rotatable bonds is 4. The molecule has 0 bridgehead atoms. The van der Waals surface area contributed by atoms with Gasteiger partial charge in [0.25, 0.3) is 0 Å². The van der Waals surface area contributed by atoms with E-state index in [0.29, 0.717) is 10.5 Å². The number of hydrogen-bond acceptors (Lipinski definition) is 4. The van der Waals surface area contributed by atoms with E-state index in [1.807, 2.05) is 13.2 Å². The minimum atomic E-state index is 0.331. The Balaban J connectivity index is 3.44. The zero-order valence-corrected chi connectivity index (χ0v) is 7.46.